The second-order valence-electron chi connectivity index (χ2n) is 15.8. The molecule has 0 fully saturated rings. The zero-order chi connectivity index (χ0) is 39.2. The molecule has 6 aromatic rings. The molecule has 6 rings (SSSR count). The molecule has 55 heavy (non-hydrogen) atoms. The molecular weight excluding hydrogens is 855 g/mol. The van der Waals surface area contributed by atoms with Gasteiger partial charge in [-0.15, -0.1) is 23.6 Å². The normalized spacial score (nSPS) is 12.1. The Labute approximate surface area is 342 Å². The molecule has 2 aromatic heterocycles. The Bertz CT molecular complexity index is 2230. The number of allylic oxidation sites excluding steroid dienone is 2. The number of aryl methyl sites for hydroxylation is 2. The van der Waals surface area contributed by atoms with Crippen molar-refractivity contribution in [3.63, 3.8) is 0 Å². The first kappa shape index (κ1) is 43.4. The number of aliphatic hydroxyl groups is 1. The summed E-state index contributed by atoms with van der Waals surface area (Å²) < 4.78 is 5.99. The molecule has 0 aliphatic carbocycles. The van der Waals surface area contributed by atoms with E-state index in [1.165, 1.54) is 44.8 Å². The summed E-state index contributed by atoms with van der Waals surface area (Å²) in [5.41, 5.74) is 11.6. The molecule has 0 unspecified atom stereocenters. The number of aromatic nitrogens is 1. The number of benzene rings is 4. The molecule has 0 aliphatic heterocycles. The van der Waals surface area contributed by atoms with Crippen molar-refractivity contribution >= 4 is 27.7 Å². The maximum atomic E-state index is 12.2. The molecule has 0 saturated carbocycles. The second kappa shape index (κ2) is 18.5. The number of rotatable bonds is 12. The Morgan fingerprint density at radius 1 is 0.818 bits per heavy atom. The van der Waals surface area contributed by atoms with Crippen molar-refractivity contribution in [2.24, 2.45) is 16.7 Å². The molecule has 0 saturated heterocycles. The van der Waals surface area contributed by atoms with Crippen LogP contribution in [-0.2, 0) is 31.3 Å². The number of aliphatic hydroxyl groups excluding tert-OH is 1. The third kappa shape index (κ3) is 9.57. The number of hydrogen-bond acceptors (Lipinski definition) is 4. The van der Waals surface area contributed by atoms with E-state index < -0.39 is 0 Å². The van der Waals surface area contributed by atoms with Gasteiger partial charge in [-0.2, -0.15) is 0 Å². The first-order chi connectivity index (χ1) is 25.8. The minimum Gasteiger partial charge on any atom is -0.512 e. The second-order valence-corrected chi connectivity index (χ2v) is 15.8. The Morgan fingerprint density at radius 3 is 2.02 bits per heavy atom. The smallest absolute Gasteiger partial charge is 0.164 e. The first-order valence-corrected chi connectivity index (χ1v) is 19.7. The summed E-state index contributed by atoms with van der Waals surface area (Å²) in [6.45, 7) is 21.0. The van der Waals surface area contributed by atoms with Crippen LogP contribution in [0.3, 0.4) is 0 Å². The molecule has 1 N–H and O–H groups in total. The topological polar surface area (TPSA) is 63.3 Å². The minimum atomic E-state index is -0.337. The fraction of sp³-hybridized carbons (Fsp3) is 0.360. The van der Waals surface area contributed by atoms with Gasteiger partial charge in [0.2, 0.25) is 0 Å². The molecule has 0 spiro atoms. The zero-order valence-corrected chi connectivity index (χ0v) is 36.8. The standard InChI is InChI=1S/C35H30NO.C15H28O2.Ir/c1-22(2)16-25-17-23(3)34(24(4)18-25)31-21-33(36-32-14-15-37-35(31)32)28-19-27-12-8-9-13-29(27)30(20-28)26-10-6-5-7-11-26;1-7-14(5,8-2)12(16)11-13(17)15(6,9-3)10-4;/h5-15,17-18,20-22H,16H2,1-4H3;11,16H,7-10H2,1-6H3;/q-1;;/b;12-11-;. The van der Waals surface area contributed by atoms with E-state index in [1.807, 2.05) is 47.6 Å². The van der Waals surface area contributed by atoms with Gasteiger partial charge in [0.15, 0.2) is 11.4 Å². The van der Waals surface area contributed by atoms with Gasteiger partial charge in [0.05, 0.1) is 6.26 Å². The predicted octanol–water partition coefficient (Wildman–Crippen LogP) is 14.2. The van der Waals surface area contributed by atoms with Crippen molar-refractivity contribution in [2.75, 3.05) is 0 Å². The Hall–Kier alpha value is -4.31. The minimum absolute atomic E-state index is 0. The van der Waals surface area contributed by atoms with Crippen LogP contribution in [0.15, 0.2) is 107 Å². The summed E-state index contributed by atoms with van der Waals surface area (Å²) in [7, 11) is 0. The number of carbonyl (C=O) groups is 1. The summed E-state index contributed by atoms with van der Waals surface area (Å²) in [5.74, 6) is 0.907. The van der Waals surface area contributed by atoms with Gasteiger partial charge in [0, 0.05) is 54.3 Å². The fourth-order valence-electron chi connectivity index (χ4n) is 7.26. The van der Waals surface area contributed by atoms with E-state index in [1.54, 1.807) is 6.26 Å². The van der Waals surface area contributed by atoms with Gasteiger partial charge in [-0.3, -0.25) is 9.78 Å². The summed E-state index contributed by atoms with van der Waals surface area (Å²) in [4.78, 5) is 17.2. The van der Waals surface area contributed by atoms with Crippen LogP contribution in [-0.4, -0.2) is 15.9 Å². The van der Waals surface area contributed by atoms with E-state index in [9.17, 15) is 9.90 Å². The Morgan fingerprint density at radius 2 is 1.42 bits per heavy atom. The quantitative estimate of drug-likeness (QED) is 0.0755. The van der Waals surface area contributed by atoms with Crippen molar-refractivity contribution in [3.05, 3.63) is 126 Å². The van der Waals surface area contributed by atoms with E-state index in [-0.39, 0.29) is 42.5 Å². The Balaban J connectivity index is 0.000000320. The van der Waals surface area contributed by atoms with Gasteiger partial charge in [-0.05, 0) is 79.7 Å². The number of ketones is 1. The molecule has 0 bridgehead atoms. The van der Waals surface area contributed by atoms with Crippen molar-refractivity contribution < 1.29 is 34.4 Å². The number of nitrogens with zero attached hydrogens (tertiary/aromatic N) is 1. The van der Waals surface area contributed by atoms with Crippen LogP contribution in [0.25, 0.3) is 55.4 Å². The van der Waals surface area contributed by atoms with Crippen LogP contribution in [0, 0.1) is 36.7 Å². The van der Waals surface area contributed by atoms with Crippen molar-refractivity contribution in [1.29, 1.82) is 0 Å². The average molecular weight is 913 g/mol. The van der Waals surface area contributed by atoms with E-state index in [2.05, 4.69) is 113 Å². The number of fused-ring (bicyclic) bond motifs is 2. The summed E-state index contributed by atoms with van der Waals surface area (Å²) in [6.07, 6.45) is 7.57. The van der Waals surface area contributed by atoms with Gasteiger partial charge in [-0.25, -0.2) is 0 Å². The number of hydrogen-bond donors (Lipinski definition) is 1. The van der Waals surface area contributed by atoms with Crippen molar-refractivity contribution in [1.82, 2.24) is 4.98 Å². The molecule has 1 radical (unpaired) electrons. The van der Waals surface area contributed by atoms with Crippen LogP contribution >= 0.6 is 0 Å². The number of carbonyl (C=O) groups excluding carboxylic acids is 1. The molecule has 291 valence electrons. The molecule has 0 amide bonds. The van der Waals surface area contributed by atoms with Crippen LogP contribution in [0.2, 0.25) is 0 Å². The fourth-order valence-corrected chi connectivity index (χ4v) is 7.26. The van der Waals surface area contributed by atoms with E-state index >= 15 is 0 Å². The monoisotopic (exact) mass is 913 g/mol. The largest absolute Gasteiger partial charge is 0.512 e. The van der Waals surface area contributed by atoms with Crippen LogP contribution in [0.4, 0.5) is 0 Å². The van der Waals surface area contributed by atoms with E-state index in [0.29, 0.717) is 5.92 Å². The van der Waals surface area contributed by atoms with Crippen molar-refractivity contribution in [2.45, 2.75) is 101 Å². The van der Waals surface area contributed by atoms with Crippen LogP contribution in [0.1, 0.15) is 97.8 Å². The third-order valence-electron chi connectivity index (χ3n) is 11.7. The average Bonchev–Trinajstić information content (AvgIpc) is 3.66. The van der Waals surface area contributed by atoms with Gasteiger partial charge in [0.1, 0.15) is 11.3 Å². The molecule has 5 heteroatoms. The van der Waals surface area contributed by atoms with Crippen LogP contribution in [0.5, 0.6) is 0 Å². The van der Waals surface area contributed by atoms with E-state index in [0.717, 1.165) is 65.4 Å². The third-order valence-corrected chi connectivity index (χ3v) is 11.7. The van der Waals surface area contributed by atoms with Gasteiger partial charge in [-0.1, -0.05) is 139 Å². The summed E-state index contributed by atoms with van der Waals surface area (Å²) >= 11 is 0. The molecular formula is C50H58IrNO3-. The SMILES string of the molecule is CCC(C)(CC)C(=O)/C=C(\O)C(C)(CC)CC.Cc1cc(CC(C)C)cc(C)c1-c1cc(-c2[c-]c3ccccc3c(-c3ccccc3)c2)nc2ccoc12.[Ir]. The summed E-state index contributed by atoms with van der Waals surface area (Å²) in [6, 6.07) is 33.7. The first-order valence-electron chi connectivity index (χ1n) is 19.7. The predicted molar refractivity (Wildman–Crippen MR) is 228 cm³/mol. The van der Waals surface area contributed by atoms with Crippen molar-refractivity contribution in [3.8, 4) is 33.5 Å². The maximum Gasteiger partial charge on any atom is 0.164 e. The maximum absolute atomic E-state index is 12.2. The molecule has 4 nitrogen and oxygen atoms in total. The zero-order valence-electron chi connectivity index (χ0n) is 34.4. The molecule has 0 aliphatic rings. The van der Waals surface area contributed by atoms with Gasteiger partial charge < -0.3 is 9.52 Å². The van der Waals surface area contributed by atoms with Gasteiger partial charge >= 0.3 is 0 Å². The Kier molecular flexibility index (Phi) is 14.6. The van der Waals surface area contributed by atoms with E-state index in [4.69, 9.17) is 9.40 Å². The summed E-state index contributed by atoms with van der Waals surface area (Å²) in [5, 5.41) is 12.4. The number of pyridine rings is 1. The number of furan rings is 1. The van der Waals surface area contributed by atoms with Crippen LogP contribution < -0.4 is 0 Å². The molecule has 0 atom stereocenters. The molecule has 4 aromatic carbocycles. The van der Waals surface area contributed by atoms with Gasteiger partial charge in [0.25, 0.3) is 0 Å². The molecule has 2 heterocycles.